The highest BCUT2D eigenvalue weighted by Gasteiger charge is 2.31. The van der Waals surface area contributed by atoms with Crippen molar-refractivity contribution < 1.29 is 4.74 Å². The summed E-state index contributed by atoms with van der Waals surface area (Å²) in [5.41, 5.74) is 5.59. The van der Waals surface area contributed by atoms with E-state index in [2.05, 4.69) is 14.9 Å². The lowest BCUT2D eigenvalue weighted by molar-refractivity contribution is 0.379. The zero-order valence-electron chi connectivity index (χ0n) is 9.19. The third kappa shape index (κ3) is 2.36. The molecular weight excluding hydrogens is 228 g/mol. The molecule has 0 spiro atoms. The van der Waals surface area contributed by atoms with Crippen LogP contribution in [0, 0.1) is 0 Å². The molecule has 0 aliphatic heterocycles. The Kier molecular flexibility index (Phi) is 3.46. The van der Waals surface area contributed by atoms with Gasteiger partial charge < -0.3 is 15.4 Å². The molecule has 16 heavy (non-hydrogen) atoms. The predicted octanol–water partition coefficient (Wildman–Crippen LogP) is 1.07. The van der Waals surface area contributed by atoms with Crippen LogP contribution in [0.4, 0.5) is 5.82 Å². The highest BCUT2D eigenvalue weighted by molar-refractivity contribution is 6.32. The first-order valence-corrected chi connectivity index (χ1v) is 5.67. The summed E-state index contributed by atoms with van der Waals surface area (Å²) in [6.45, 7) is 1.34. The van der Waals surface area contributed by atoms with Gasteiger partial charge in [0.1, 0.15) is 5.02 Å². The second-order valence-electron chi connectivity index (χ2n) is 3.74. The summed E-state index contributed by atoms with van der Waals surface area (Å²) in [7, 11) is 1.54. The smallest absolute Gasteiger partial charge is 0.318 e. The van der Waals surface area contributed by atoms with Crippen LogP contribution in [0.3, 0.4) is 0 Å². The van der Waals surface area contributed by atoms with Gasteiger partial charge in [0.25, 0.3) is 0 Å². The van der Waals surface area contributed by atoms with E-state index in [1.165, 1.54) is 20.0 Å². The number of nitrogens with zero attached hydrogens (tertiary/aromatic N) is 3. The fourth-order valence-electron chi connectivity index (χ4n) is 1.63. The van der Waals surface area contributed by atoms with E-state index in [0.717, 1.165) is 12.4 Å². The van der Waals surface area contributed by atoms with Crippen LogP contribution >= 0.6 is 11.6 Å². The van der Waals surface area contributed by atoms with E-state index >= 15 is 0 Å². The molecular formula is C10H15ClN4O. The lowest BCUT2D eigenvalue weighted by Gasteiger charge is -2.23. The van der Waals surface area contributed by atoms with E-state index in [1.807, 2.05) is 0 Å². The summed E-state index contributed by atoms with van der Waals surface area (Å²) in [5.74, 6) is 0.724. The summed E-state index contributed by atoms with van der Waals surface area (Å²) in [4.78, 5) is 10.4. The molecule has 1 aliphatic carbocycles. The highest BCUT2D eigenvalue weighted by Crippen LogP contribution is 2.34. The molecule has 1 heterocycles. The van der Waals surface area contributed by atoms with E-state index in [4.69, 9.17) is 22.1 Å². The number of ether oxygens (including phenoxy) is 1. The van der Waals surface area contributed by atoms with Crippen molar-refractivity contribution in [3.05, 3.63) is 11.2 Å². The van der Waals surface area contributed by atoms with Crippen LogP contribution in [-0.4, -0.2) is 36.2 Å². The fraction of sp³-hybridized carbons (Fsp3) is 0.600. The second kappa shape index (κ2) is 4.84. The standard InChI is InChI=1S/C10H15ClN4O/c1-16-10-13-6-8(11)9(14-10)15(5-4-12)7-2-3-7/h6-7H,2-5,12H2,1H3. The van der Waals surface area contributed by atoms with Crippen LogP contribution in [0.15, 0.2) is 6.20 Å². The molecule has 6 heteroatoms. The third-order valence-corrected chi connectivity index (χ3v) is 2.78. The van der Waals surface area contributed by atoms with Gasteiger partial charge in [-0.2, -0.15) is 4.98 Å². The lowest BCUT2D eigenvalue weighted by atomic mass is 10.4. The molecule has 0 unspecified atom stereocenters. The van der Waals surface area contributed by atoms with Crippen LogP contribution in [0.1, 0.15) is 12.8 Å². The fourth-order valence-corrected chi connectivity index (χ4v) is 1.83. The van der Waals surface area contributed by atoms with E-state index in [0.29, 0.717) is 23.6 Å². The number of halogens is 1. The van der Waals surface area contributed by atoms with Gasteiger partial charge in [-0.15, -0.1) is 0 Å². The number of hydrogen-bond acceptors (Lipinski definition) is 5. The normalized spacial score (nSPS) is 14.9. The van der Waals surface area contributed by atoms with Crippen molar-refractivity contribution in [2.75, 3.05) is 25.1 Å². The predicted molar refractivity (Wildman–Crippen MR) is 63.0 cm³/mol. The Labute approximate surface area is 99.6 Å². The van der Waals surface area contributed by atoms with Crippen molar-refractivity contribution in [2.24, 2.45) is 5.73 Å². The Morgan fingerprint density at radius 2 is 2.38 bits per heavy atom. The topological polar surface area (TPSA) is 64.3 Å². The van der Waals surface area contributed by atoms with Gasteiger partial charge in [0.15, 0.2) is 5.82 Å². The molecule has 2 N–H and O–H groups in total. The highest BCUT2D eigenvalue weighted by atomic mass is 35.5. The minimum Gasteiger partial charge on any atom is -0.467 e. The zero-order valence-corrected chi connectivity index (χ0v) is 9.94. The van der Waals surface area contributed by atoms with Gasteiger partial charge in [-0.05, 0) is 12.8 Å². The molecule has 0 saturated heterocycles. The monoisotopic (exact) mass is 242 g/mol. The molecule has 1 fully saturated rings. The van der Waals surface area contributed by atoms with Crippen molar-refractivity contribution >= 4 is 17.4 Å². The van der Waals surface area contributed by atoms with Crippen LogP contribution < -0.4 is 15.4 Å². The van der Waals surface area contributed by atoms with Crippen LogP contribution in [-0.2, 0) is 0 Å². The van der Waals surface area contributed by atoms with Gasteiger partial charge in [0.05, 0.1) is 13.3 Å². The maximum Gasteiger partial charge on any atom is 0.318 e. The van der Waals surface area contributed by atoms with Crippen LogP contribution in [0.5, 0.6) is 6.01 Å². The Balaban J connectivity index is 2.27. The summed E-state index contributed by atoms with van der Waals surface area (Å²) in [6.07, 6.45) is 3.90. The first-order chi connectivity index (χ1) is 7.76. The molecule has 0 bridgehead atoms. The summed E-state index contributed by atoms with van der Waals surface area (Å²) < 4.78 is 5.00. The van der Waals surface area contributed by atoms with E-state index < -0.39 is 0 Å². The van der Waals surface area contributed by atoms with Gasteiger partial charge in [0.2, 0.25) is 0 Å². The maximum atomic E-state index is 6.09. The largest absolute Gasteiger partial charge is 0.467 e. The van der Waals surface area contributed by atoms with E-state index in [-0.39, 0.29) is 0 Å². The molecule has 0 radical (unpaired) electrons. The number of anilines is 1. The quantitative estimate of drug-likeness (QED) is 0.837. The van der Waals surface area contributed by atoms with E-state index in [1.54, 1.807) is 6.20 Å². The first kappa shape index (κ1) is 11.4. The van der Waals surface area contributed by atoms with Crippen molar-refractivity contribution in [2.45, 2.75) is 18.9 Å². The summed E-state index contributed by atoms with van der Waals surface area (Å²) in [6, 6.07) is 0.850. The lowest BCUT2D eigenvalue weighted by Crippen LogP contribution is -2.32. The molecule has 88 valence electrons. The number of aromatic nitrogens is 2. The Bertz CT molecular complexity index is 370. The van der Waals surface area contributed by atoms with Crippen molar-refractivity contribution in [1.82, 2.24) is 9.97 Å². The second-order valence-corrected chi connectivity index (χ2v) is 4.15. The molecule has 1 saturated carbocycles. The molecule has 0 atom stereocenters. The van der Waals surface area contributed by atoms with Gasteiger partial charge in [0, 0.05) is 19.1 Å². The van der Waals surface area contributed by atoms with Gasteiger partial charge in [-0.3, -0.25) is 0 Å². The average molecular weight is 243 g/mol. The number of hydrogen-bond donors (Lipinski definition) is 1. The number of nitrogens with two attached hydrogens (primary N) is 1. The minimum absolute atomic E-state index is 0.335. The molecule has 1 aromatic rings. The van der Waals surface area contributed by atoms with Gasteiger partial charge >= 0.3 is 6.01 Å². The van der Waals surface area contributed by atoms with Crippen LogP contribution in [0.25, 0.3) is 0 Å². The summed E-state index contributed by atoms with van der Waals surface area (Å²) in [5, 5.41) is 0.543. The third-order valence-electron chi connectivity index (χ3n) is 2.52. The van der Waals surface area contributed by atoms with Gasteiger partial charge in [-0.1, -0.05) is 11.6 Å². The Morgan fingerprint density at radius 1 is 1.62 bits per heavy atom. The van der Waals surface area contributed by atoms with Crippen LogP contribution in [0.2, 0.25) is 5.02 Å². The Morgan fingerprint density at radius 3 is 2.94 bits per heavy atom. The van der Waals surface area contributed by atoms with Crippen molar-refractivity contribution in [3.63, 3.8) is 0 Å². The average Bonchev–Trinajstić information content (AvgIpc) is 3.11. The zero-order chi connectivity index (χ0) is 11.5. The molecule has 0 amide bonds. The van der Waals surface area contributed by atoms with Crippen molar-refractivity contribution in [3.8, 4) is 6.01 Å². The molecule has 2 rings (SSSR count). The molecule has 1 aromatic heterocycles. The SMILES string of the molecule is COc1ncc(Cl)c(N(CCN)C2CC2)n1. The minimum atomic E-state index is 0.335. The van der Waals surface area contributed by atoms with Crippen molar-refractivity contribution in [1.29, 1.82) is 0 Å². The van der Waals surface area contributed by atoms with E-state index in [9.17, 15) is 0 Å². The maximum absolute atomic E-state index is 6.09. The van der Waals surface area contributed by atoms with Gasteiger partial charge in [-0.25, -0.2) is 4.98 Å². The number of rotatable bonds is 5. The molecule has 5 nitrogen and oxygen atoms in total. The number of methoxy groups -OCH3 is 1. The summed E-state index contributed by atoms with van der Waals surface area (Å²) >= 11 is 6.09. The molecule has 0 aromatic carbocycles. The Hall–Kier alpha value is -1.07. The first-order valence-electron chi connectivity index (χ1n) is 5.29. The molecule has 1 aliphatic rings.